The van der Waals surface area contributed by atoms with Crippen LogP contribution in [0.15, 0.2) is 0 Å². The van der Waals surface area contributed by atoms with Crippen molar-refractivity contribution in [3.8, 4) is 0 Å². The molecule has 0 aromatic rings. The summed E-state index contributed by atoms with van der Waals surface area (Å²) in [6.07, 6.45) is 3.82. The summed E-state index contributed by atoms with van der Waals surface area (Å²) in [7, 11) is 0. The normalized spacial score (nSPS) is 20.6. The molecule has 1 atom stereocenters. The van der Waals surface area contributed by atoms with E-state index >= 15 is 0 Å². The molecule has 1 unspecified atom stereocenters. The number of epoxide rings is 1. The molecule has 1 aliphatic rings. The second kappa shape index (κ2) is 7.16. The molecule has 4 heteroatoms. The summed E-state index contributed by atoms with van der Waals surface area (Å²) >= 11 is -2.66. The van der Waals surface area contributed by atoms with Crippen LogP contribution in [0, 0.1) is 0 Å². The van der Waals surface area contributed by atoms with Crippen LogP contribution in [0.2, 0.25) is 8.76 Å². The summed E-state index contributed by atoms with van der Waals surface area (Å²) in [5.41, 5.74) is 0. The Morgan fingerprint density at radius 3 is 2.13 bits per heavy atom. The SMILES string of the molecule is CCC[O][Zr]([CH3])([CH2]CC1CO1)[O]CCC. The third-order valence-corrected chi connectivity index (χ3v) is 9.49. The Morgan fingerprint density at radius 1 is 1.20 bits per heavy atom. The molecule has 1 aliphatic heterocycles. The molecule has 0 radical (unpaired) electrons. The Kier molecular flexibility index (Phi) is 6.60. The first-order valence-corrected chi connectivity index (χ1v) is 12.3. The van der Waals surface area contributed by atoms with E-state index in [-0.39, 0.29) is 0 Å². The van der Waals surface area contributed by atoms with Crippen molar-refractivity contribution in [2.75, 3.05) is 19.8 Å². The standard InChI is InChI=1S/C4H7O.2C3H7O.CH3.Zr/c1-2-4-3-5-4;2*1-2-3-4;;/h4H,1-3H2;2*2-3H2,1H3;1H3;/q;2*-1;;+2. The maximum atomic E-state index is 5.99. The topological polar surface area (TPSA) is 31.0 Å². The van der Waals surface area contributed by atoms with Crippen molar-refractivity contribution in [2.24, 2.45) is 0 Å². The number of ether oxygens (including phenoxy) is 1. The molecule has 3 nitrogen and oxygen atoms in total. The molecule has 90 valence electrons. The fraction of sp³-hybridized carbons (Fsp3) is 1.00. The molecule has 0 aromatic carbocycles. The van der Waals surface area contributed by atoms with Crippen LogP contribution in [-0.4, -0.2) is 25.9 Å². The molecule has 0 bridgehead atoms. The van der Waals surface area contributed by atoms with E-state index in [0.717, 1.165) is 43.2 Å². The van der Waals surface area contributed by atoms with Gasteiger partial charge in [0.15, 0.2) is 0 Å². The van der Waals surface area contributed by atoms with Gasteiger partial charge in [-0.05, 0) is 0 Å². The Bertz CT molecular complexity index is 163. The van der Waals surface area contributed by atoms with E-state index in [9.17, 15) is 0 Å². The Labute approximate surface area is 99.1 Å². The van der Waals surface area contributed by atoms with Crippen LogP contribution in [0.5, 0.6) is 0 Å². The zero-order chi connectivity index (χ0) is 11.1. The maximum absolute atomic E-state index is 5.99. The van der Waals surface area contributed by atoms with Crippen molar-refractivity contribution in [2.45, 2.75) is 48.0 Å². The predicted molar refractivity (Wildman–Crippen MR) is 57.5 cm³/mol. The third-order valence-electron chi connectivity index (χ3n) is 2.55. The molecular weight excluding hydrogens is 271 g/mol. The summed E-state index contributed by atoms with van der Waals surface area (Å²) in [5.74, 6) is 0. The van der Waals surface area contributed by atoms with Crippen molar-refractivity contribution in [3.63, 3.8) is 0 Å². The molecule has 0 aromatic heterocycles. The van der Waals surface area contributed by atoms with Gasteiger partial charge in [0.1, 0.15) is 0 Å². The third kappa shape index (κ3) is 6.16. The van der Waals surface area contributed by atoms with Gasteiger partial charge in [0.2, 0.25) is 0 Å². The molecule has 0 saturated carbocycles. The molecule has 1 saturated heterocycles. The zero-order valence-electron chi connectivity index (χ0n) is 10.3. The van der Waals surface area contributed by atoms with Gasteiger partial charge in [0.25, 0.3) is 0 Å². The van der Waals surface area contributed by atoms with Crippen LogP contribution >= 0.6 is 0 Å². The molecule has 0 amide bonds. The van der Waals surface area contributed by atoms with Crippen molar-refractivity contribution < 1.29 is 31.5 Å². The minimum atomic E-state index is -2.66. The molecule has 0 aliphatic carbocycles. The molecule has 1 fully saturated rings. The monoisotopic (exact) mass is 294 g/mol. The van der Waals surface area contributed by atoms with Gasteiger partial charge in [-0.25, -0.2) is 0 Å². The van der Waals surface area contributed by atoms with E-state index in [4.69, 9.17) is 10.4 Å². The van der Waals surface area contributed by atoms with Gasteiger partial charge in [0, 0.05) is 0 Å². The first-order chi connectivity index (χ1) is 7.20. The molecule has 0 N–H and O–H groups in total. The molecule has 0 spiro atoms. The number of hydrogen-bond acceptors (Lipinski definition) is 3. The van der Waals surface area contributed by atoms with E-state index in [1.54, 1.807) is 0 Å². The van der Waals surface area contributed by atoms with Crippen LogP contribution in [-0.2, 0) is 31.5 Å². The summed E-state index contributed by atoms with van der Waals surface area (Å²) in [4.78, 5) is 0. The first-order valence-electron chi connectivity index (χ1n) is 6.09. The van der Waals surface area contributed by atoms with Crippen molar-refractivity contribution in [1.29, 1.82) is 0 Å². The van der Waals surface area contributed by atoms with Crippen LogP contribution in [0.4, 0.5) is 0 Å². The van der Waals surface area contributed by atoms with Crippen molar-refractivity contribution in [3.05, 3.63) is 0 Å². The van der Waals surface area contributed by atoms with Gasteiger partial charge in [-0.2, -0.15) is 0 Å². The molecular formula is C11H24O3Zr. The van der Waals surface area contributed by atoms with Gasteiger partial charge < -0.3 is 0 Å². The van der Waals surface area contributed by atoms with Gasteiger partial charge in [-0.1, -0.05) is 0 Å². The summed E-state index contributed by atoms with van der Waals surface area (Å²) in [6, 6.07) is 0. The second-order valence-electron chi connectivity index (χ2n) is 4.32. The van der Waals surface area contributed by atoms with E-state index in [2.05, 4.69) is 18.5 Å². The Hall–Kier alpha value is 0.763. The van der Waals surface area contributed by atoms with E-state index < -0.39 is 21.1 Å². The van der Waals surface area contributed by atoms with E-state index in [0.29, 0.717) is 6.10 Å². The van der Waals surface area contributed by atoms with Crippen LogP contribution in [0.25, 0.3) is 0 Å². The van der Waals surface area contributed by atoms with Crippen LogP contribution in [0.1, 0.15) is 33.1 Å². The number of hydrogen-bond donors (Lipinski definition) is 0. The van der Waals surface area contributed by atoms with E-state index in [1.165, 1.54) is 0 Å². The zero-order valence-corrected chi connectivity index (χ0v) is 12.7. The molecule has 1 rings (SSSR count). The van der Waals surface area contributed by atoms with Gasteiger partial charge >= 0.3 is 99.3 Å². The van der Waals surface area contributed by atoms with Gasteiger partial charge in [-0.15, -0.1) is 0 Å². The van der Waals surface area contributed by atoms with Crippen LogP contribution in [0.3, 0.4) is 0 Å². The van der Waals surface area contributed by atoms with Crippen molar-refractivity contribution in [1.82, 2.24) is 0 Å². The summed E-state index contributed by atoms with van der Waals surface area (Å²) < 4.78 is 20.6. The molecule has 15 heavy (non-hydrogen) atoms. The summed E-state index contributed by atoms with van der Waals surface area (Å²) in [6.45, 7) is 6.97. The molecule has 1 heterocycles. The van der Waals surface area contributed by atoms with E-state index in [1.807, 2.05) is 0 Å². The first kappa shape index (κ1) is 13.8. The predicted octanol–water partition coefficient (Wildman–Crippen LogP) is 3.08. The number of rotatable bonds is 9. The average Bonchev–Trinajstić information content (AvgIpc) is 3.05. The van der Waals surface area contributed by atoms with Crippen molar-refractivity contribution >= 4 is 0 Å². The van der Waals surface area contributed by atoms with Gasteiger partial charge in [-0.3, -0.25) is 0 Å². The fourth-order valence-electron chi connectivity index (χ4n) is 1.48. The quantitative estimate of drug-likeness (QED) is 0.613. The van der Waals surface area contributed by atoms with Crippen LogP contribution < -0.4 is 0 Å². The summed E-state index contributed by atoms with van der Waals surface area (Å²) in [5, 5.41) is 0. The Balaban J connectivity index is 2.26. The van der Waals surface area contributed by atoms with Gasteiger partial charge in [0.05, 0.1) is 0 Å². The average molecular weight is 296 g/mol. The minimum absolute atomic E-state index is 0.511. The fourth-order valence-corrected chi connectivity index (χ4v) is 7.60. The Morgan fingerprint density at radius 2 is 1.73 bits per heavy atom. The second-order valence-corrected chi connectivity index (χ2v) is 12.5.